The summed E-state index contributed by atoms with van der Waals surface area (Å²) in [6, 6.07) is 0.563. The van der Waals surface area contributed by atoms with E-state index in [2.05, 4.69) is 29.1 Å². The van der Waals surface area contributed by atoms with Gasteiger partial charge in [0.05, 0.1) is 0 Å². The van der Waals surface area contributed by atoms with Crippen LogP contribution in [0, 0.1) is 11.8 Å². The number of aliphatic imine (C=N–C) groups is 1. The van der Waals surface area contributed by atoms with Gasteiger partial charge in [0.15, 0.2) is 5.96 Å². The zero-order chi connectivity index (χ0) is 14.4. The zero-order valence-electron chi connectivity index (χ0n) is 13.7. The van der Waals surface area contributed by atoms with Crippen molar-refractivity contribution in [2.75, 3.05) is 26.2 Å². The average Bonchev–Trinajstić information content (AvgIpc) is 2.84. The number of nitrogens with two attached hydrogens (primary N) is 1. The molecule has 2 aliphatic rings. The number of guanidine groups is 1. The highest BCUT2D eigenvalue weighted by molar-refractivity contribution is 14.0. The SMILES string of the molecule is CC(C)CN1CCC(CN=C(N)NC2CCCCC2)C1.I. The molecule has 1 aliphatic heterocycles. The van der Waals surface area contributed by atoms with Gasteiger partial charge in [-0.15, -0.1) is 24.0 Å². The van der Waals surface area contributed by atoms with Gasteiger partial charge in [0.25, 0.3) is 0 Å². The molecule has 0 amide bonds. The van der Waals surface area contributed by atoms with Gasteiger partial charge in [-0.1, -0.05) is 33.1 Å². The highest BCUT2D eigenvalue weighted by atomic mass is 127. The monoisotopic (exact) mass is 408 g/mol. The predicted molar refractivity (Wildman–Crippen MR) is 101 cm³/mol. The summed E-state index contributed by atoms with van der Waals surface area (Å²) in [4.78, 5) is 7.14. The Balaban J connectivity index is 0.00000220. The summed E-state index contributed by atoms with van der Waals surface area (Å²) < 4.78 is 0. The third-order valence-corrected chi connectivity index (χ3v) is 4.47. The largest absolute Gasteiger partial charge is 0.370 e. The first kappa shape index (κ1) is 19.0. The van der Waals surface area contributed by atoms with E-state index in [0.29, 0.717) is 17.9 Å². The molecule has 5 heteroatoms. The van der Waals surface area contributed by atoms with E-state index in [9.17, 15) is 0 Å². The number of hydrogen-bond donors (Lipinski definition) is 2. The van der Waals surface area contributed by atoms with Crippen LogP contribution >= 0.6 is 24.0 Å². The van der Waals surface area contributed by atoms with Crippen molar-refractivity contribution >= 4 is 29.9 Å². The van der Waals surface area contributed by atoms with Gasteiger partial charge >= 0.3 is 0 Å². The quantitative estimate of drug-likeness (QED) is 0.418. The van der Waals surface area contributed by atoms with Crippen LogP contribution < -0.4 is 11.1 Å². The summed E-state index contributed by atoms with van der Waals surface area (Å²) in [6.07, 6.45) is 7.81. The summed E-state index contributed by atoms with van der Waals surface area (Å²) >= 11 is 0. The Morgan fingerprint density at radius 2 is 1.95 bits per heavy atom. The highest BCUT2D eigenvalue weighted by Gasteiger charge is 2.22. The summed E-state index contributed by atoms with van der Waals surface area (Å²) in [7, 11) is 0. The Morgan fingerprint density at radius 1 is 1.24 bits per heavy atom. The maximum absolute atomic E-state index is 6.02. The van der Waals surface area contributed by atoms with Crippen molar-refractivity contribution in [2.45, 2.75) is 58.4 Å². The van der Waals surface area contributed by atoms with Crippen molar-refractivity contribution in [3.63, 3.8) is 0 Å². The van der Waals surface area contributed by atoms with E-state index in [0.717, 1.165) is 12.5 Å². The Hall–Kier alpha value is -0.0400. The van der Waals surface area contributed by atoms with Crippen molar-refractivity contribution in [3.8, 4) is 0 Å². The normalized spacial score (nSPS) is 25.1. The second kappa shape index (κ2) is 9.87. The second-order valence-electron chi connectivity index (χ2n) is 7.01. The minimum absolute atomic E-state index is 0. The molecule has 0 aromatic carbocycles. The van der Waals surface area contributed by atoms with Gasteiger partial charge in [0.1, 0.15) is 0 Å². The van der Waals surface area contributed by atoms with E-state index in [1.165, 1.54) is 58.2 Å². The molecule has 0 spiro atoms. The number of rotatable bonds is 5. The van der Waals surface area contributed by atoms with Crippen molar-refractivity contribution in [2.24, 2.45) is 22.6 Å². The topological polar surface area (TPSA) is 53.6 Å². The van der Waals surface area contributed by atoms with Gasteiger partial charge in [-0.2, -0.15) is 0 Å². The molecule has 2 rings (SSSR count). The van der Waals surface area contributed by atoms with Crippen LogP contribution in [0.4, 0.5) is 0 Å². The minimum atomic E-state index is 0. The standard InChI is InChI=1S/C16H32N4.HI/c1-13(2)11-20-9-8-14(12-20)10-18-16(17)19-15-6-4-3-5-7-15;/h13-15H,3-12H2,1-2H3,(H3,17,18,19);1H. The van der Waals surface area contributed by atoms with Gasteiger partial charge in [0, 0.05) is 25.7 Å². The first-order chi connectivity index (χ1) is 9.63. The molecule has 1 atom stereocenters. The van der Waals surface area contributed by atoms with Crippen LogP contribution in [0.25, 0.3) is 0 Å². The molecule has 0 bridgehead atoms. The van der Waals surface area contributed by atoms with Crippen LogP contribution in [0.2, 0.25) is 0 Å². The third-order valence-electron chi connectivity index (χ3n) is 4.47. The minimum Gasteiger partial charge on any atom is -0.370 e. The van der Waals surface area contributed by atoms with Crippen LogP contribution in [0.1, 0.15) is 52.4 Å². The van der Waals surface area contributed by atoms with E-state index < -0.39 is 0 Å². The summed E-state index contributed by atoms with van der Waals surface area (Å²) in [5.41, 5.74) is 6.02. The van der Waals surface area contributed by atoms with Gasteiger partial charge < -0.3 is 16.0 Å². The maximum atomic E-state index is 6.02. The Kier molecular flexibility index (Phi) is 8.94. The number of likely N-dealkylation sites (tertiary alicyclic amines) is 1. The van der Waals surface area contributed by atoms with E-state index in [1.54, 1.807) is 0 Å². The van der Waals surface area contributed by atoms with Crippen LogP contribution in [0.3, 0.4) is 0 Å². The lowest BCUT2D eigenvalue weighted by Crippen LogP contribution is -2.41. The van der Waals surface area contributed by atoms with Gasteiger partial charge in [0.2, 0.25) is 0 Å². The van der Waals surface area contributed by atoms with Gasteiger partial charge in [-0.05, 0) is 37.6 Å². The van der Waals surface area contributed by atoms with Crippen molar-refractivity contribution < 1.29 is 0 Å². The van der Waals surface area contributed by atoms with E-state index in [1.807, 2.05) is 0 Å². The second-order valence-corrected chi connectivity index (χ2v) is 7.01. The molecule has 0 radical (unpaired) electrons. The summed E-state index contributed by atoms with van der Waals surface area (Å²) in [6.45, 7) is 9.11. The third kappa shape index (κ3) is 7.17. The van der Waals surface area contributed by atoms with Crippen molar-refractivity contribution in [1.82, 2.24) is 10.2 Å². The summed E-state index contributed by atoms with van der Waals surface area (Å²) in [5.74, 6) is 2.12. The first-order valence-corrected chi connectivity index (χ1v) is 8.42. The number of nitrogens with one attached hydrogen (secondary N) is 1. The fraction of sp³-hybridized carbons (Fsp3) is 0.938. The maximum Gasteiger partial charge on any atom is 0.188 e. The number of nitrogens with zero attached hydrogens (tertiary/aromatic N) is 2. The Bertz CT molecular complexity index is 313. The molecule has 1 saturated heterocycles. The van der Waals surface area contributed by atoms with E-state index in [4.69, 9.17) is 5.73 Å². The van der Waals surface area contributed by atoms with Crippen LogP contribution in [-0.4, -0.2) is 43.1 Å². The molecule has 3 N–H and O–H groups in total. The molecule has 4 nitrogen and oxygen atoms in total. The molecule has 1 unspecified atom stereocenters. The molecule has 1 saturated carbocycles. The molecule has 2 fully saturated rings. The summed E-state index contributed by atoms with van der Waals surface area (Å²) in [5, 5.41) is 3.40. The number of hydrogen-bond acceptors (Lipinski definition) is 2. The fourth-order valence-corrected chi connectivity index (χ4v) is 3.47. The molecule has 21 heavy (non-hydrogen) atoms. The number of halogens is 1. The highest BCUT2D eigenvalue weighted by Crippen LogP contribution is 2.18. The molecule has 0 aromatic rings. The van der Waals surface area contributed by atoms with Crippen molar-refractivity contribution in [1.29, 1.82) is 0 Å². The van der Waals surface area contributed by atoms with Crippen molar-refractivity contribution in [3.05, 3.63) is 0 Å². The molecule has 0 aromatic heterocycles. The Labute approximate surface area is 147 Å². The van der Waals surface area contributed by atoms with E-state index in [-0.39, 0.29) is 24.0 Å². The lowest BCUT2D eigenvalue weighted by molar-refractivity contribution is 0.288. The van der Waals surface area contributed by atoms with Crippen LogP contribution in [0.15, 0.2) is 4.99 Å². The molecule has 124 valence electrons. The Morgan fingerprint density at radius 3 is 2.62 bits per heavy atom. The molecular weight excluding hydrogens is 375 g/mol. The van der Waals surface area contributed by atoms with Crippen LogP contribution in [-0.2, 0) is 0 Å². The lowest BCUT2D eigenvalue weighted by Gasteiger charge is -2.23. The first-order valence-electron chi connectivity index (χ1n) is 8.42. The predicted octanol–water partition coefficient (Wildman–Crippen LogP) is 2.82. The molecular formula is C16H33IN4. The molecule has 1 heterocycles. The molecule has 1 aliphatic carbocycles. The van der Waals surface area contributed by atoms with Crippen LogP contribution in [0.5, 0.6) is 0 Å². The average molecular weight is 408 g/mol. The smallest absolute Gasteiger partial charge is 0.188 e. The van der Waals surface area contributed by atoms with Gasteiger partial charge in [-0.25, -0.2) is 0 Å². The zero-order valence-corrected chi connectivity index (χ0v) is 16.0. The fourth-order valence-electron chi connectivity index (χ4n) is 3.47. The van der Waals surface area contributed by atoms with Gasteiger partial charge in [-0.3, -0.25) is 4.99 Å². The lowest BCUT2D eigenvalue weighted by atomic mass is 9.96. The van der Waals surface area contributed by atoms with E-state index >= 15 is 0 Å².